The Balaban J connectivity index is 1.71. The van der Waals surface area contributed by atoms with E-state index < -0.39 is 0 Å². The van der Waals surface area contributed by atoms with Crippen LogP contribution in [-0.2, 0) is 26.1 Å². The zero-order valence-electron chi connectivity index (χ0n) is 13.0. The maximum absolute atomic E-state index is 3.45. The van der Waals surface area contributed by atoms with E-state index in [2.05, 4.69) is 66.7 Å². The summed E-state index contributed by atoms with van der Waals surface area (Å²) in [5, 5.41) is 3.45. The Hall–Kier alpha value is -1.64. The van der Waals surface area contributed by atoms with E-state index in [1.807, 2.05) is 0 Å². The molecule has 0 radical (unpaired) electrons. The summed E-state index contributed by atoms with van der Waals surface area (Å²) >= 11 is 0. The monoisotopic (exact) mass is 280 g/mol. The largest absolute Gasteiger partial charge is 0.312 e. The minimum absolute atomic E-state index is 1.00. The number of rotatable bonds is 4. The molecule has 1 N–H and O–H groups in total. The van der Waals surface area contributed by atoms with Gasteiger partial charge in [0.15, 0.2) is 0 Å². The first-order chi connectivity index (χ1) is 10.2. The summed E-state index contributed by atoms with van der Waals surface area (Å²) in [6, 6.07) is 15.5. The van der Waals surface area contributed by atoms with Crippen molar-refractivity contribution in [2.24, 2.45) is 0 Å². The maximum Gasteiger partial charge on any atom is 0.0237 e. The van der Waals surface area contributed by atoms with E-state index in [1.54, 1.807) is 5.56 Å². The van der Waals surface area contributed by atoms with Gasteiger partial charge in [-0.1, -0.05) is 48.0 Å². The molecule has 2 heteroatoms. The molecular weight excluding hydrogens is 256 g/mol. The Kier molecular flexibility index (Phi) is 4.37. The van der Waals surface area contributed by atoms with Crippen molar-refractivity contribution in [2.45, 2.75) is 33.0 Å². The maximum atomic E-state index is 3.45. The van der Waals surface area contributed by atoms with Crippen LogP contribution >= 0.6 is 0 Å². The van der Waals surface area contributed by atoms with E-state index in [9.17, 15) is 0 Å². The van der Waals surface area contributed by atoms with E-state index in [4.69, 9.17) is 0 Å². The van der Waals surface area contributed by atoms with Gasteiger partial charge in [0.05, 0.1) is 0 Å². The first-order valence-electron chi connectivity index (χ1n) is 7.77. The molecule has 0 saturated heterocycles. The van der Waals surface area contributed by atoms with E-state index in [0.29, 0.717) is 0 Å². The molecule has 2 nitrogen and oxygen atoms in total. The van der Waals surface area contributed by atoms with Gasteiger partial charge in [-0.15, -0.1) is 0 Å². The summed E-state index contributed by atoms with van der Waals surface area (Å²) in [5.41, 5.74) is 7.26. The molecule has 0 spiro atoms. The molecule has 0 aliphatic carbocycles. The quantitative estimate of drug-likeness (QED) is 0.924. The third-order valence-electron chi connectivity index (χ3n) is 4.21. The van der Waals surface area contributed by atoms with Gasteiger partial charge in [-0.2, -0.15) is 0 Å². The average Bonchev–Trinajstić information content (AvgIpc) is 2.47. The first kappa shape index (κ1) is 14.3. The average molecular weight is 280 g/mol. The molecule has 0 atom stereocenters. The molecule has 110 valence electrons. The summed E-state index contributed by atoms with van der Waals surface area (Å²) in [7, 11) is 2.21. The van der Waals surface area contributed by atoms with Gasteiger partial charge in [0.1, 0.15) is 0 Å². The Bertz CT molecular complexity index is 619. The molecule has 21 heavy (non-hydrogen) atoms. The minimum atomic E-state index is 1.00. The van der Waals surface area contributed by atoms with Gasteiger partial charge in [-0.25, -0.2) is 0 Å². The van der Waals surface area contributed by atoms with Crippen LogP contribution in [0.1, 0.15) is 27.8 Å². The van der Waals surface area contributed by atoms with E-state index in [-0.39, 0.29) is 0 Å². The standard InChI is InChI=1S/C19H24N2/c1-15-5-3-6-16(11-15)13-21(2)14-18-8-4-7-17-12-20-10-9-19(17)18/h3-8,11,20H,9-10,12-14H2,1-2H3. The highest BCUT2D eigenvalue weighted by atomic mass is 15.1. The fourth-order valence-corrected chi connectivity index (χ4v) is 3.23. The summed E-state index contributed by atoms with van der Waals surface area (Å²) in [4.78, 5) is 2.41. The molecule has 0 bridgehead atoms. The Morgan fingerprint density at radius 3 is 2.81 bits per heavy atom. The van der Waals surface area contributed by atoms with Crippen LogP contribution in [0.4, 0.5) is 0 Å². The molecule has 2 aromatic carbocycles. The van der Waals surface area contributed by atoms with E-state index >= 15 is 0 Å². The van der Waals surface area contributed by atoms with Gasteiger partial charge in [-0.05, 0) is 49.2 Å². The predicted octanol–water partition coefficient (Wildman–Crippen LogP) is 3.27. The fourth-order valence-electron chi connectivity index (χ4n) is 3.23. The first-order valence-corrected chi connectivity index (χ1v) is 7.77. The zero-order chi connectivity index (χ0) is 14.7. The molecule has 1 aliphatic rings. The number of hydrogen-bond acceptors (Lipinski definition) is 2. The summed E-state index contributed by atoms with van der Waals surface area (Å²) < 4.78 is 0. The number of aryl methyl sites for hydroxylation is 1. The van der Waals surface area contributed by atoms with Crippen LogP contribution in [0, 0.1) is 6.92 Å². The number of nitrogens with one attached hydrogen (secondary N) is 1. The summed E-state index contributed by atoms with van der Waals surface area (Å²) in [5.74, 6) is 0. The molecule has 1 aliphatic heterocycles. The highest BCUT2D eigenvalue weighted by Crippen LogP contribution is 2.20. The van der Waals surface area contributed by atoms with Gasteiger partial charge in [0.2, 0.25) is 0 Å². The van der Waals surface area contributed by atoms with Gasteiger partial charge < -0.3 is 5.32 Å². The second kappa shape index (κ2) is 6.42. The number of benzene rings is 2. The molecule has 0 amide bonds. The van der Waals surface area contributed by atoms with Crippen molar-refractivity contribution < 1.29 is 0 Å². The lowest BCUT2D eigenvalue weighted by atomic mass is 9.95. The molecule has 0 fully saturated rings. The molecule has 1 heterocycles. The molecule has 0 aromatic heterocycles. The van der Waals surface area contributed by atoms with Crippen molar-refractivity contribution in [3.8, 4) is 0 Å². The second-order valence-corrected chi connectivity index (χ2v) is 6.14. The molecule has 3 rings (SSSR count). The van der Waals surface area contributed by atoms with Gasteiger partial charge in [-0.3, -0.25) is 4.90 Å². The molecular formula is C19H24N2. The number of hydrogen-bond donors (Lipinski definition) is 1. The fraction of sp³-hybridized carbons (Fsp3) is 0.368. The van der Waals surface area contributed by atoms with Gasteiger partial charge in [0.25, 0.3) is 0 Å². The molecule has 0 saturated carbocycles. The van der Waals surface area contributed by atoms with Crippen LogP contribution < -0.4 is 5.32 Å². The third-order valence-corrected chi connectivity index (χ3v) is 4.21. The van der Waals surface area contributed by atoms with Crippen LogP contribution in [0.5, 0.6) is 0 Å². The SMILES string of the molecule is Cc1cccc(CN(C)Cc2cccc3c2CCNC3)c1. The lowest BCUT2D eigenvalue weighted by molar-refractivity contribution is 0.317. The topological polar surface area (TPSA) is 15.3 Å². The predicted molar refractivity (Wildman–Crippen MR) is 88.2 cm³/mol. The summed E-state index contributed by atoms with van der Waals surface area (Å²) in [6.45, 7) is 6.31. The van der Waals surface area contributed by atoms with Crippen LogP contribution in [0.25, 0.3) is 0 Å². The minimum Gasteiger partial charge on any atom is -0.312 e. The van der Waals surface area contributed by atoms with Crippen molar-refractivity contribution in [3.05, 3.63) is 70.3 Å². The van der Waals surface area contributed by atoms with Crippen molar-refractivity contribution >= 4 is 0 Å². The normalized spacial score (nSPS) is 14.2. The highest BCUT2D eigenvalue weighted by molar-refractivity contribution is 5.37. The van der Waals surface area contributed by atoms with Crippen molar-refractivity contribution in [3.63, 3.8) is 0 Å². The number of nitrogens with zero attached hydrogens (tertiary/aromatic N) is 1. The van der Waals surface area contributed by atoms with Gasteiger partial charge >= 0.3 is 0 Å². The van der Waals surface area contributed by atoms with Crippen LogP contribution in [0.3, 0.4) is 0 Å². The Labute approximate surface area is 127 Å². The molecule has 2 aromatic rings. The lowest BCUT2D eigenvalue weighted by Crippen LogP contribution is -2.26. The van der Waals surface area contributed by atoms with E-state index in [0.717, 1.165) is 32.6 Å². The van der Waals surface area contributed by atoms with Crippen LogP contribution in [0.15, 0.2) is 42.5 Å². The Morgan fingerprint density at radius 2 is 1.95 bits per heavy atom. The van der Waals surface area contributed by atoms with E-state index in [1.165, 1.54) is 22.3 Å². The summed E-state index contributed by atoms with van der Waals surface area (Å²) in [6.07, 6.45) is 1.16. The smallest absolute Gasteiger partial charge is 0.0237 e. The molecule has 0 unspecified atom stereocenters. The van der Waals surface area contributed by atoms with Crippen molar-refractivity contribution in [1.82, 2.24) is 10.2 Å². The van der Waals surface area contributed by atoms with Gasteiger partial charge in [0, 0.05) is 19.6 Å². The van der Waals surface area contributed by atoms with Crippen LogP contribution in [0.2, 0.25) is 0 Å². The zero-order valence-corrected chi connectivity index (χ0v) is 13.0. The third kappa shape index (κ3) is 3.52. The highest BCUT2D eigenvalue weighted by Gasteiger charge is 2.13. The number of fused-ring (bicyclic) bond motifs is 1. The Morgan fingerprint density at radius 1 is 1.10 bits per heavy atom. The van der Waals surface area contributed by atoms with Crippen molar-refractivity contribution in [1.29, 1.82) is 0 Å². The van der Waals surface area contributed by atoms with Crippen molar-refractivity contribution in [2.75, 3.05) is 13.6 Å². The lowest BCUT2D eigenvalue weighted by Gasteiger charge is -2.24. The second-order valence-electron chi connectivity index (χ2n) is 6.14. The van der Waals surface area contributed by atoms with Crippen LogP contribution in [-0.4, -0.2) is 18.5 Å².